The molecule has 3 nitrogen and oxygen atoms in total. The lowest BCUT2D eigenvalue weighted by molar-refractivity contribution is -0.133. The summed E-state index contributed by atoms with van der Waals surface area (Å²) >= 11 is 0. The summed E-state index contributed by atoms with van der Waals surface area (Å²) < 4.78 is 10.7. The van der Waals surface area contributed by atoms with Crippen LogP contribution in [0.4, 0.5) is 0 Å². The van der Waals surface area contributed by atoms with E-state index in [-0.39, 0.29) is 12.4 Å². The molecule has 0 aliphatic carbocycles. The number of rotatable bonds is 5. The van der Waals surface area contributed by atoms with E-state index < -0.39 is 0 Å². The molecule has 0 aliphatic heterocycles. The molecule has 3 heteroatoms. The molecule has 0 fully saturated rings. The summed E-state index contributed by atoms with van der Waals surface area (Å²) in [5.74, 6) is 0.678. The first-order chi connectivity index (χ1) is 10.2. The minimum atomic E-state index is -0.307. The van der Waals surface area contributed by atoms with Gasteiger partial charge in [0.2, 0.25) is 0 Å². The van der Waals surface area contributed by atoms with Gasteiger partial charge in [-0.3, -0.25) is 4.79 Å². The summed E-state index contributed by atoms with van der Waals surface area (Å²) in [6, 6.07) is 15.0. The van der Waals surface area contributed by atoms with Crippen LogP contribution in [0.1, 0.15) is 18.1 Å². The second kappa shape index (κ2) is 7.29. The van der Waals surface area contributed by atoms with Crippen LogP contribution in [0.5, 0.6) is 11.5 Å². The zero-order chi connectivity index (χ0) is 15.1. The maximum absolute atomic E-state index is 12.0. The van der Waals surface area contributed by atoms with Gasteiger partial charge in [0.25, 0.3) is 0 Å². The number of ether oxygens (including phenoxy) is 2. The molecular weight excluding hydrogens is 264 g/mol. The Balaban J connectivity index is 2.10. The largest absolute Gasteiger partial charge is 0.493 e. The molecule has 2 aromatic carbocycles. The van der Waals surface area contributed by atoms with Crippen molar-refractivity contribution < 1.29 is 14.3 Å². The smallest absolute Gasteiger partial charge is 0.315 e. The lowest BCUT2D eigenvalue weighted by atomic mass is 10.1. The van der Waals surface area contributed by atoms with E-state index in [1.807, 2.05) is 61.5 Å². The molecule has 0 saturated carbocycles. The molecule has 0 unspecified atom stereocenters. The van der Waals surface area contributed by atoms with E-state index in [1.54, 1.807) is 13.2 Å². The molecule has 0 atom stereocenters. The average molecular weight is 282 g/mol. The summed E-state index contributed by atoms with van der Waals surface area (Å²) in [5.41, 5.74) is 1.92. The Morgan fingerprint density at radius 2 is 1.86 bits per heavy atom. The zero-order valence-electron chi connectivity index (χ0n) is 12.2. The van der Waals surface area contributed by atoms with Crippen LogP contribution in [0.15, 0.2) is 54.6 Å². The second-order valence-electron chi connectivity index (χ2n) is 4.55. The van der Waals surface area contributed by atoms with E-state index in [0.29, 0.717) is 11.5 Å². The first-order valence-corrected chi connectivity index (χ1v) is 6.78. The standard InChI is InChI=1S/C18H18O3/c1-3-7-14-10-11-16(17(12-14)20-2)21-18(19)13-15-8-5-4-6-9-15/h3-12H,13H2,1-2H3. The number of hydrogen-bond donors (Lipinski definition) is 0. The van der Waals surface area contributed by atoms with Crippen LogP contribution in [-0.4, -0.2) is 13.1 Å². The molecule has 0 radical (unpaired) electrons. The highest BCUT2D eigenvalue weighted by atomic mass is 16.6. The highest BCUT2D eigenvalue weighted by Gasteiger charge is 2.11. The third kappa shape index (κ3) is 4.21. The SMILES string of the molecule is CC=Cc1ccc(OC(=O)Cc2ccccc2)c(OC)c1. The van der Waals surface area contributed by atoms with E-state index in [1.165, 1.54) is 0 Å². The molecule has 0 heterocycles. The number of carbonyl (C=O) groups is 1. The van der Waals surface area contributed by atoms with Crippen molar-refractivity contribution >= 4 is 12.0 Å². The molecule has 0 amide bonds. The van der Waals surface area contributed by atoms with Gasteiger partial charge in [-0.05, 0) is 30.2 Å². The summed E-state index contributed by atoms with van der Waals surface area (Å²) in [7, 11) is 1.56. The molecule has 108 valence electrons. The Bertz CT molecular complexity index is 630. The van der Waals surface area contributed by atoms with Crippen molar-refractivity contribution in [2.45, 2.75) is 13.3 Å². The van der Waals surface area contributed by atoms with Crippen molar-refractivity contribution in [3.05, 3.63) is 65.7 Å². The number of carbonyl (C=O) groups excluding carboxylic acids is 1. The average Bonchev–Trinajstić information content (AvgIpc) is 2.50. The summed E-state index contributed by atoms with van der Waals surface area (Å²) in [5, 5.41) is 0. The number of methoxy groups -OCH3 is 1. The number of hydrogen-bond acceptors (Lipinski definition) is 3. The van der Waals surface area contributed by atoms with Gasteiger partial charge < -0.3 is 9.47 Å². The third-order valence-corrected chi connectivity index (χ3v) is 2.96. The van der Waals surface area contributed by atoms with Gasteiger partial charge in [0.15, 0.2) is 11.5 Å². The highest BCUT2D eigenvalue weighted by molar-refractivity contribution is 5.76. The van der Waals surface area contributed by atoms with E-state index in [4.69, 9.17) is 9.47 Å². The van der Waals surface area contributed by atoms with Gasteiger partial charge in [-0.25, -0.2) is 0 Å². The van der Waals surface area contributed by atoms with Crippen LogP contribution in [0, 0.1) is 0 Å². The fourth-order valence-electron chi connectivity index (χ4n) is 1.99. The molecule has 0 aromatic heterocycles. The Kier molecular flexibility index (Phi) is 5.16. The monoisotopic (exact) mass is 282 g/mol. The van der Waals surface area contributed by atoms with Gasteiger partial charge in [-0.15, -0.1) is 0 Å². The Hall–Kier alpha value is -2.55. The van der Waals surface area contributed by atoms with Crippen LogP contribution in [0.25, 0.3) is 6.08 Å². The zero-order valence-corrected chi connectivity index (χ0v) is 12.2. The second-order valence-corrected chi connectivity index (χ2v) is 4.55. The van der Waals surface area contributed by atoms with Crippen molar-refractivity contribution in [1.29, 1.82) is 0 Å². The predicted octanol–water partition coefficient (Wildman–Crippen LogP) is 3.88. The lowest BCUT2D eigenvalue weighted by Crippen LogP contribution is -2.11. The van der Waals surface area contributed by atoms with Crippen molar-refractivity contribution in [2.24, 2.45) is 0 Å². The summed E-state index contributed by atoms with van der Waals surface area (Å²) in [4.78, 5) is 12.0. The van der Waals surface area contributed by atoms with Crippen LogP contribution < -0.4 is 9.47 Å². The van der Waals surface area contributed by atoms with Gasteiger partial charge >= 0.3 is 5.97 Å². The van der Waals surface area contributed by atoms with E-state index in [2.05, 4.69) is 0 Å². The molecule has 0 bridgehead atoms. The highest BCUT2D eigenvalue weighted by Crippen LogP contribution is 2.28. The van der Waals surface area contributed by atoms with Crippen molar-refractivity contribution in [1.82, 2.24) is 0 Å². The molecule has 0 N–H and O–H groups in total. The molecule has 0 saturated heterocycles. The minimum absolute atomic E-state index is 0.237. The lowest BCUT2D eigenvalue weighted by Gasteiger charge is -2.10. The minimum Gasteiger partial charge on any atom is -0.493 e. The van der Waals surface area contributed by atoms with E-state index >= 15 is 0 Å². The van der Waals surface area contributed by atoms with Gasteiger partial charge in [-0.1, -0.05) is 48.6 Å². The van der Waals surface area contributed by atoms with Crippen molar-refractivity contribution in [3.63, 3.8) is 0 Å². The van der Waals surface area contributed by atoms with Crippen LogP contribution in [0.3, 0.4) is 0 Å². The van der Waals surface area contributed by atoms with Crippen LogP contribution in [-0.2, 0) is 11.2 Å². The Morgan fingerprint density at radius 3 is 2.52 bits per heavy atom. The van der Waals surface area contributed by atoms with Gasteiger partial charge in [0.1, 0.15) is 0 Å². The molecule has 0 aliphatic rings. The van der Waals surface area contributed by atoms with Gasteiger partial charge in [0.05, 0.1) is 13.5 Å². The van der Waals surface area contributed by atoms with Crippen LogP contribution >= 0.6 is 0 Å². The quantitative estimate of drug-likeness (QED) is 0.616. The Labute approximate surface area is 124 Å². The fraction of sp³-hybridized carbons (Fsp3) is 0.167. The van der Waals surface area contributed by atoms with E-state index in [9.17, 15) is 4.79 Å². The first-order valence-electron chi connectivity index (χ1n) is 6.78. The van der Waals surface area contributed by atoms with E-state index in [0.717, 1.165) is 11.1 Å². The molecule has 2 rings (SSSR count). The van der Waals surface area contributed by atoms with Crippen LogP contribution in [0.2, 0.25) is 0 Å². The normalized spacial score (nSPS) is 10.6. The van der Waals surface area contributed by atoms with Gasteiger partial charge in [-0.2, -0.15) is 0 Å². The molecule has 0 spiro atoms. The number of benzene rings is 2. The Morgan fingerprint density at radius 1 is 1.10 bits per heavy atom. The topological polar surface area (TPSA) is 35.5 Å². The van der Waals surface area contributed by atoms with Crippen molar-refractivity contribution in [2.75, 3.05) is 7.11 Å². The number of esters is 1. The fourth-order valence-corrected chi connectivity index (χ4v) is 1.99. The molecular formula is C18H18O3. The predicted molar refractivity (Wildman–Crippen MR) is 83.5 cm³/mol. The molecule has 2 aromatic rings. The molecule has 21 heavy (non-hydrogen) atoms. The summed E-state index contributed by atoms with van der Waals surface area (Å²) in [6.45, 7) is 1.94. The first kappa shape index (κ1) is 14.9. The van der Waals surface area contributed by atoms with Gasteiger partial charge in [0, 0.05) is 0 Å². The third-order valence-electron chi connectivity index (χ3n) is 2.96. The number of allylic oxidation sites excluding steroid dienone is 1. The van der Waals surface area contributed by atoms with Crippen molar-refractivity contribution in [3.8, 4) is 11.5 Å². The maximum atomic E-state index is 12.0. The summed E-state index contributed by atoms with van der Waals surface area (Å²) in [6.07, 6.45) is 4.13. The maximum Gasteiger partial charge on any atom is 0.315 e.